The van der Waals surface area contributed by atoms with E-state index in [9.17, 15) is 0 Å². The largest absolute Gasteiger partial charge is 0.385 e. The Labute approximate surface area is 151 Å². The van der Waals surface area contributed by atoms with Crippen molar-refractivity contribution in [3.05, 3.63) is 42.5 Å². The Hall–Kier alpha value is -2.33. The van der Waals surface area contributed by atoms with Crippen molar-refractivity contribution in [2.24, 2.45) is 0 Å². The lowest BCUT2D eigenvalue weighted by Crippen LogP contribution is -2.00. The predicted molar refractivity (Wildman–Crippen MR) is 112 cm³/mol. The molecule has 2 aromatic carbocycles. The molecule has 134 valence electrons. The van der Waals surface area contributed by atoms with Gasteiger partial charge in [0.1, 0.15) is 0 Å². The molecule has 0 spiro atoms. The van der Waals surface area contributed by atoms with E-state index in [0.29, 0.717) is 0 Å². The Bertz CT molecular complexity index is 735. The second-order valence-electron chi connectivity index (χ2n) is 6.16. The van der Waals surface area contributed by atoms with Crippen molar-refractivity contribution in [2.45, 2.75) is 26.7 Å². The average molecular weight is 338 g/mol. The molecule has 0 saturated carbocycles. The van der Waals surface area contributed by atoms with Crippen LogP contribution in [0, 0.1) is 0 Å². The number of pyridine rings is 1. The summed E-state index contributed by atoms with van der Waals surface area (Å²) in [5.41, 5.74) is 4.37. The summed E-state index contributed by atoms with van der Waals surface area (Å²) in [6.45, 7) is 6.32. The van der Waals surface area contributed by atoms with Gasteiger partial charge >= 0.3 is 0 Å². The molecule has 3 rings (SSSR count). The minimum Gasteiger partial charge on any atom is -0.385 e. The molecule has 4 nitrogen and oxygen atoms in total. The van der Waals surface area contributed by atoms with Crippen molar-refractivity contribution in [3.63, 3.8) is 0 Å². The van der Waals surface area contributed by atoms with Gasteiger partial charge < -0.3 is 16.0 Å². The van der Waals surface area contributed by atoms with E-state index in [2.05, 4.69) is 72.3 Å². The summed E-state index contributed by atoms with van der Waals surface area (Å²) in [4.78, 5) is 4.84. The molecular formula is C21H30N4. The zero-order valence-electron chi connectivity index (χ0n) is 15.8. The summed E-state index contributed by atoms with van der Waals surface area (Å²) >= 11 is 0. The highest BCUT2D eigenvalue weighted by Gasteiger charge is 2.02. The number of nitrogens with one attached hydrogen (secondary N) is 3. The van der Waals surface area contributed by atoms with Crippen molar-refractivity contribution >= 4 is 33.2 Å². The highest BCUT2D eigenvalue weighted by Crippen LogP contribution is 2.24. The molecule has 0 amide bonds. The summed E-state index contributed by atoms with van der Waals surface area (Å²) in [5, 5.41) is 12.0. The van der Waals surface area contributed by atoms with Crippen LogP contribution in [0.4, 0.5) is 11.4 Å². The van der Waals surface area contributed by atoms with Gasteiger partial charge in [0.05, 0.1) is 11.0 Å². The summed E-state index contributed by atoms with van der Waals surface area (Å²) in [7, 11) is 3.75. The van der Waals surface area contributed by atoms with Crippen molar-refractivity contribution in [1.82, 2.24) is 10.3 Å². The van der Waals surface area contributed by atoms with Crippen molar-refractivity contribution in [3.8, 4) is 0 Å². The van der Waals surface area contributed by atoms with E-state index in [1.54, 1.807) is 0 Å². The molecule has 3 aromatic rings. The van der Waals surface area contributed by atoms with E-state index in [1.807, 2.05) is 14.1 Å². The van der Waals surface area contributed by atoms with Crippen molar-refractivity contribution < 1.29 is 0 Å². The first kappa shape index (κ1) is 19.0. The number of aromatic nitrogens is 1. The van der Waals surface area contributed by atoms with Crippen molar-refractivity contribution in [1.29, 1.82) is 0 Å². The van der Waals surface area contributed by atoms with Crippen LogP contribution in [0.15, 0.2) is 42.5 Å². The van der Waals surface area contributed by atoms with Crippen LogP contribution in [0.2, 0.25) is 0 Å². The summed E-state index contributed by atoms with van der Waals surface area (Å²) in [5.74, 6) is 0. The summed E-state index contributed by atoms with van der Waals surface area (Å²) < 4.78 is 0. The molecular weight excluding hydrogens is 308 g/mol. The Morgan fingerprint density at radius 3 is 1.56 bits per heavy atom. The molecule has 3 N–H and O–H groups in total. The van der Waals surface area contributed by atoms with Crippen LogP contribution in [0.3, 0.4) is 0 Å². The lowest BCUT2D eigenvalue weighted by molar-refractivity contribution is 0.980. The highest BCUT2D eigenvalue weighted by atomic mass is 14.9. The number of hydrogen-bond donors (Lipinski definition) is 3. The molecule has 0 unspecified atom stereocenters. The zero-order valence-corrected chi connectivity index (χ0v) is 15.8. The lowest BCUT2D eigenvalue weighted by Gasteiger charge is -2.09. The fourth-order valence-corrected chi connectivity index (χ4v) is 2.58. The maximum Gasteiger partial charge on any atom is 0.0730 e. The predicted octanol–water partition coefficient (Wildman–Crippen LogP) is 4.87. The van der Waals surface area contributed by atoms with Gasteiger partial charge in [-0.2, -0.15) is 0 Å². The van der Waals surface area contributed by atoms with E-state index in [-0.39, 0.29) is 0 Å². The lowest BCUT2D eigenvalue weighted by atomic mass is 10.1. The molecule has 1 heterocycles. The van der Waals surface area contributed by atoms with E-state index in [0.717, 1.165) is 48.3 Å². The minimum atomic E-state index is 0.990. The summed E-state index contributed by atoms with van der Waals surface area (Å²) in [6, 6.07) is 15.0. The maximum atomic E-state index is 4.84. The van der Waals surface area contributed by atoms with Gasteiger partial charge in [0.2, 0.25) is 0 Å². The Balaban J connectivity index is 0.000000701. The third-order valence-corrected chi connectivity index (χ3v) is 3.77. The van der Waals surface area contributed by atoms with Crippen LogP contribution < -0.4 is 16.0 Å². The average Bonchev–Trinajstić information content (AvgIpc) is 2.63. The first-order chi connectivity index (χ1) is 12.2. The Kier molecular flexibility index (Phi) is 7.48. The SMILES string of the molecule is CCCNc1ccc2cc3ccc(NCCC)cc3nc2c1.CNC. The van der Waals surface area contributed by atoms with Crippen LogP contribution in [0.25, 0.3) is 21.8 Å². The summed E-state index contributed by atoms with van der Waals surface area (Å²) in [6.07, 6.45) is 2.24. The number of nitrogens with zero attached hydrogens (tertiary/aromatic N) is 1. The van der Waals surface area contributed by atoms with E-state index in [4.69, 9.17) is 4.98 Å². The van der Waals surface area contributed by atoms with Crippen LogP contribution in [0.1, 0.15) is 26.7 Å². The fourth-order valence-electron chi connectivity index (χ4n) is 2.58. The number of rotatable bonds is 6. The van der Waals surface area contributed by atoms with Gasteiger partial charge in [-0.15, -0.1) is 0 Å². The molecule has 0 atom stereocenters. The van der Waals surface area contributed by atoms with Crippen molar-refractivity contribution in [2.75, 3.05) is 37.8 Å². The molecule has 0 aliphatic carbocycles. The fraction of sp³-hybridized carbons (Fsp3) is 0.381. The van der Waals surface area contributed by atoms with Crippen LogP contribution >= 0.6 is 0 Å². The second kappa shape index (κ2) is 9.84. The van der Waals surface area contributed by atoms with Gasteiger partial charge in [0.25, 0.3) is 0 Å². The molecule has 0 saturated heterocycles. The molecule has 25 heavy (non-hydrogen) atoms. The smallest absolute Gasteiger partial charge is 0.0730 e. The molecule has 0 bridgehead atoms. The molecule has 1 aromatic heterocycles. The second-order valence-corrected chi connectivity index (χ2v) is 6.16. The molecule has 0 aliphatic rings. The molecule has 0 radical (unpaired) electrons. The topological polar surface area (TPSA) is 49.0 Å². The monoisotopic (exact) mass is 338 g/mol. The maximum absolute atomic E-state index is 4.84. The van der Waals surface area contributed by atoms with Crippen LogP contribution in [-0.4, -0.2) is 32.2 Å². The normalized spacial score (nSPS) is 10.4. The first-order valence-corrected chi connectivity index (χ1v) is 9.12. The van der Waals surface area contributed by atoms with Gasteiger partial charge in [0.15, 0.2) is 0 Å². The van der Waals surface area contributed by atoms with Gasteiger partial charge in [-0.05, 0) is 57.3 Å². The van der Waals surface area contributed by atoms with Crippen LogP contribution in [0.5, 0.6) is 0 Å². The van der Waals surface area contributed by atoms with E-state index >= 15 is 0 Å². The molecule has 4 heteroatoms. The third-order valence-electron chi connectivity index (χ3n) is 3.77. The van der Waals surface area contributed by atoms with Crippen LogP contribution in [-0.2, 0) is 0 Å². The Morgan fingerprint density at radius 1 is 0.720 bits per heavy atom. The minimum absolute atomic E-state index is 0.990. The standard InChI is InChI=1S/C19H23N3.C2H7N/c1-3-9-20-16-7-5-14-11-15-6-8-17(21-10-4-2)13-19(15)22-18(14)12-16;1-3-2/h5-8,11-13,20-21H,3-4,9-10H2,1-2H3;3H,1-2H3. The number of anilines is 2. The quantitative estimate of drug-likeness (QED) is 0.561. The van der Waals surface area contributed by atoms with Gasteiger partial charge in [-0.25, -0.2) is 4.98 Å². The van der Waals surface area contributed by atoms with Gasteiger partial charge in [-0.3, -0.25) is 0 Å². The van der Waals surface area contributed by atoms with E-state index < -0.39 is 0 Å². The number of fused-ring (bicyclic) bond motifs is 2. The van der Waals surface area contributed by atoms with E-state index in [1.165, 1.54) is 10.8 Å². The molecule has 0 aliphatic heterocycles. The van der Waals surface area contributed by atoms with Gasteiger partial charge in [-0.1, -0.05) is 26.0 Å². The number of hydrogen-bond acceptors (Lipinski definition) is 4. The third kappa shape index (κ3) is 5.33. The zero-order chi connectivity index (χ0) is 18.1. The first-order valence-electron chi connectivity index (χ1n) is 9.12. The Morgan fingerprint density at radius 2 is 1.16 bits per heavy atom. The highest BCUT2D eigenvalue weighted by molar-refractivity contribution is 5.95. The molecule has 0 fully saturated rings. The van der Waals surface area contributed by atoms with Gasteiger partial charge in [0, 0.05) is 35.2 Å². The number of benzene rings is 2.